The summed E-state index contributed by atoms with van der Waals surface area (Å²) in [5.41, 5.74) is 1.51. The second-order valence-electron chi connectivity index (χ2n) is 7.09. The second kappa shape index (κ2) is 9.85. The molecule has 0 aliphatic carbocycles. The van der Waals surface area contributed by atoms with Gasteiger partial charge in [0.1, 0.15) is 0 Å². The summed E-state index contributed by atoms with van der Waals surface area (Å²) >= 11 is 3.34. The van der Waals surface area contributed by atoms with Gasteiger partial charge in [-0.1, -0.05) is 46.3 Å². The normalized spacial score (nSPS) is 15.9. The SMILES string of the molecule is O=C(NCCC(=O)N1CCC([C@@H](O)c2ccccc2)CC1)c1ccc(Br)cc1. The van der Waals surface area contributed by atoms with Crippen LogP contribution in [0.25, 0.3) is 0 Å². The molecule has 1 aliphatic heterocycles. The highest BCUT2D eigenvalue weighted by Gasteiger charge is 2.28. The van der Waals surface area contributed by atoms with Gasteiger partial charge < -0.3 is 15.3 Å². The van der Waals surface area contributed by atoms with Crippen LogP contribution >= 0.6 is 15.9 Å². The molecule has 2 aromatic carbocycles. The number of carbonyl (C=O) groups is 2. The van der Waals surface area contributed by atoms with Crippen LogP contribution in [0.3, 0.4) is 0 Å². The fourth-order valence-electron chi connectivity index (χ4n) is 3.53. The second-order valence-corrected chi connectivity index (χ2v) is 8.00. The zero-order chi connectivity index (χ0) is 19.9. The van der Waals surface area contributed by atoms with E-state index in [0.717, 1.165) is 22.9 Å². The quantitative estimate of drug-likeness (QED) is 0.715. The maximum absolute atomic E-state index is 12.4. The number of hydrogen-bond acceptors (Lipinski definition) is 3. The number of piperidine rings is 1. The average molecular weight is 445 g/mol. The maximum Gasteiger partial charge on any atom is 0.251 e. The lowest BCUT2D eigenvalue weighted by molar-refractivity contribution is -0.133. The smallest absolute Gasteiger partial charge is 0.251 e. The fourth-order valence-corrected chi connectivity index (χ4v) is 3.80. The molecule has 0 spiro atoms. The van der Waals surface area contributed by atoms with E-state index in [1.54, 1.807) is 12.1 Å². The molecular formula is C22H25BrN2O3. The van der Waals surface area contributed by atoms with Crippen molar-refractivity contribution >= 4 is 27.7 Å². The highest BCUT2D eigenvalue weighted by molar-refractivity contribution is 9.10. The van der Waals surface area contributed by atoms with Crippen LogP contribution in [0.5, 0.6) is 0 Å². The Balaban J connectivity index is 1.40. The number of rotatable bonds is 6. The van der Waals surface area contributed by atoms with Gasteiger partial charge in [-0.2, -0.15) is 0 Å². The molecule has 2 aromatic rings. The van der Waals surface area contributed by atoms with E-state index < -0.39 is 6.10 Å². The van der Waals surface area contributed by atoms with E-state index in [2.05, 4.69) is 21.2 Å². The number of likely N-dealkylation sites (tertiary alicyclic amines) is 1. The van der Waals surface area contributed by atoms with Crippen molar-refractivity contribution < 1.29 is 14.7 Å². The lowest BCUT2D eigenvalue weighted by Crippen LogP contribution is -2.41. The molecule has 2 amide bonds. The molecule has 1 aliphatic rings. The minimum Gasteiger partial charge on any atom is -0.388 e. The number of nitrogens with zero attached hydrogens (tertiary/aromatic N) is 1. The summed E-state index contributed by atoms with van der Waals surface area (Å²) in [5, 5.41) is 13.3. The Kier molecular flexibility index (Phi) is 7.23. The number of hydrogen-bond donors (Lipinski definition) is 2. The first-order chi connectivity index (χ1) is 13.5. The Morgan fingerprint density at radius 3 is 2.36 bits per heavy atom. The van der Waals surface area contributed by atoms with Gasteiger partial charge in [-0.25, -0.2) is 0 Å². The number of carbonyl (C=O) groups excluding carboxylic acids is 2. The molecule has 5 nitrogen and oxygen atoms in total. The van der Waals surface area contributed by atoms with E-state index in [9.17, 15) is 14.7 Å². The van der Waals surface area contributed by atoms with E-state index in [4.69, 9.17) is 0 Å². The summed E-state index contributed by atoms with van der Waals surface area (Å²) in [4.78, 5) is 26.3. The number of benzene rings is 2. The first-order valence-corrected chi connectivity index (χ1v) is 10.4. The van der Waals surface area contributed by atoms with Crippen molar-refractivity contribution in [2.75, 3.05) is 19.6 Å². The van der Waals surface area contributed by atoms with Crippen LogP contribution in [0.2, 0.25) is 0 Å². The zero-order valence-corrected chi connectivity index (χ0v) is 17.3. The summed E-state index contributed by atoms with van der Waals surface area (Å²) in [6.45, 7) is 1.61. The molecule has 2 N–H and O–H groups in total. The van der Waals surface area contributed by atoms with Crippen LogP contribution in [-0.2, 0) is 4.79 Å². The Hall–Kier alpha value is -2.18. The average Bonchev–Trinajstić information content (AvgIpc) is 2.74. The van der Waals surface area contributed by atoms with Gasteiger partial charge in [0.05, 0.1) is 6.10 Å². The Bertz CT molecular complexity index is 787. The van der Waals surface area contributed by atoms with E-state index in [0.29, 0.717) is 25.2 Å². The van der Waals surface area contributed by atoms with Crippen LogP contribution in [0, 0.1) is 5.92 Å². The molecule has 0 unspecified atom stereocenters. The van der Waals surface area contributed by atoms with Crippen molar-refractivity contribution in [1.82, 2.24) is 10.2 Å². The minimum atomic E-state index is -0.483. The Morgan fingerprint density at radius 1 is 1.07 bits per heavy atom. The van der Waals surface area contributed by atoms with Gasteiger partial charge in [0.15, 0.2) is 0 Å². The molecule has 0 bridgehead atoms. The molecule has 1 fully saturated rings. The lowest BCUT2D eigenvalue weighted by atomic mass is 9.87. The van der Waals surface area contributed by atoms with Crippen LogP contribution < -0.4 is 5.32 Å². The number of nitrogens with one attached hydrogen (secondary N) is 1. The van der Waals surface area contributed by atoms with Crippen molar-refractivity contribution in [1.29, 1.82) is 0 Å². The van der Waals surface area contributed by atoms with Crippen LogP contribution in [-0.4, -0.2) is 41.5 Å². The molecular weight excluding hydrogens is 420 g/mol. The Morgan fingerprint density at radius 2 is 1.71 bits per heavy atom. The molecule has 0 aromatic heterocycles. The molecule has 6 heteroatoms. The lowest BCUT2D eigenvalue weighted by Gasteiger charge is -2.34. The monoisotopic (exact) mass is 444 g/mol. The van der Waals surface area contributed by atoms with E-state index >= 15 is 0 Å². The van der Waals surface area contributed by atoms with Crippen molar-refractivity contribution in [3.63, 3.8) is 0 Å². The molecule has 0 radical (unpaired) electrons. The summed E-state index contributed by atoms with van der Waals surface area (Å²) in [7, 11) is 0. The highest BCUT2D eigenvalue weighted by Crippen LogP contribution is 2.30. The molecule has 3 rings (SSSR count). The summed E-state index contributed by atoms with van der Waals surface area (Å²) in [6.07, 6.45) is 1.37. The first kappa shape index (κ1) is 20.6. The number of aliphatic hydroxyl groups excluding tert-OH is 1. The number of amides is 2. The number of aliphatic hydroxyl groups is 1. The molecule has 0 saturated carbocycles. The standard InChI is InChI=1S/C22H25BrN2O3/c23-19-8-6-18(7-9-19)22(28)24-13-10-20(26)25-14-11-17(12-15-25)21(27)16-4-2-1-3-5-16/h1-9,17,21,27H,10-15H2,(H,24,28)/t21-/m0/s1. The van der Waals surface area contributed by atoms with E-state index in [1.165, 1.54) is 0 Å². The first-order valence-electron chi connectivity index (χ1n) is 9.59. The molecule has 1 saturated heterocycles. The predicted octanol–water partition coefficient (Wildman–Crippen LogP) is 3.54. The van der Waals surface area contributed by atoms with Gasteiger partial charge in [0, 0.05) is 36.1 Å². The fraction of sp³-hybridized carbons (Fsp3) is 0.364. The van der Waals surface area contributed by atoms with Crippen LogP contribution in [0.4, 0.5) is 0 Å². The van der Waals surface area contributed by atoms with E-state index in [1.807, 2.05) is 47.4 Å². The zero-order valence-electron chi connectivity index (χ0n) is 15.7. The highest BCUT2D eigenvalue weighted by atomic mass is 79.9. The number of halogens is 1. The minimum absolute atomic E-state index is 0.0451. The summed E-state index contributed by atoms with van der Waals surface area (Å²) < 4.78 is 0.917. The summed E-state index contributed by atoms with van der Waals surface area (Å²) in [5.74, 6) is 0.0392. The van der Waals surface area contributed by atoms with Gasteiger partial charge >= 0.3 is 0 Å². The Labute approximate surface area is 173 Å². The van der Waals surface area contributed by atoms with Gasteiger partial charge in [0.25, 0.3) is 5.91 Å². The van der Waals surface area contributed by atoms with Crippen molar-refractivity contribution in [3.05, 3.63) is 70.2 Å². The van der Waals surface area contributed by atoms with Crippen LogP contribution in [0.15, 0.2) is 59.1 Å². The molecule has 148 valence electrons. The molecule has 28 heavy (non-hydrogen) atoms. The third-order valence-electron chi connectivity index (χ3n) is 5.21. The molecule has 1 atom stereocenters. The van der Waals surface area contributed by atoms with Gasteiger partial charge in [-0.15, -0.1) is 0 Å². The third kappa shape index (κ3) is 5.42. The van der Waals surface area contributed by atoms with Crippen LogP contribution in [0.1, 0.15) is 41.3 Å². The van der Waals surface area contributed by atoms with Crippen molar-refractivity contribution in [3.8, 4) is 0 Å². The van der Waals surface area contributed by atoms with Gasteiger partial charge in [-0.3, -0.25) is 9.59 Å². The van der Waals surface area contributed by atoms with Crippen molar-refractivity contribution in [2.24, 2.45) is 5.92 Å². The predicted molar refractivity (Wildman–Crippen MR) is 112 cm³/mol. The topological polar surface area (TPSA) is 69.6 Å². The van der Waals surface area contributed by atoms with Crippen molar-refractivity contribution in [2.45, 2.75) is 25.4 Å². The third-order valence-corrected chi connectivity index (χ3v) is 5.74. The van der Waals surface area contributed by atoms with Gasteiger partial charge in [0.2, 0.25) is 5.91 Å². The summed E-state index contributed by atoms with van der Waals surface area (Å²) in [6, 6.07) is 16.8. The van der Waals surface area contributed by atoms with E-state index in [-0.39, 0.29) is 24.2 Å². The molecule has 1 heterocycles. The van der Waals surface area contributed by atoms with Gasteiger partial charge in [-0.05, 0) is 48.6 Å². The maximum atomic E-state index is 12.4. The largest absolute Gasteiger partial charge is 0.388 e.